The Morgan fingerprint density at radius 1 is 1.44 bits per heavy atom. The molecule has 1 rings (SSSR count). The first-order chi connectivity index (χ1) is 7.26. The van der Waals surface area contributed by atoms with Gasteiger partial charge in [0.2, 0.25) is 9.84 Å². The molecule has 1 aromatic heterocycles. The first-order valence-corrected chi connectivity index (χ1v) is 5.88. The number of carboxylic acid groups (broad SMARTS) is 1. The van der Waals surface area contributed by atoms with Crippen LogP contribution in [0, 0.1) is 0 Å². The van der Waals surface area contributed by atoms with Crippen LogP contribution in [0.4, 0.5) is 0 Å². The number of nitrogens with one attached hydrogen (secondary N) is 1. The molecule has 0 bridgehead atoms. The predicted octanol–water partition coefficient (Wildman–Crippen LogP) is 0.0713. The normalized spacial score (nSPS) is 11.7. The molecule has 0 radical (unpaired) electrons. The summed E-state index contributed by atoms with van der Waals surface area (Å²) in [6, 6.07) is 0.893. The Kier molecular flexibility index (Phi) is 3.13. The Morgan fingerprint density at radius 3 is 2.38 bits per heavy atom. The van der Waals surface area contributed by atoms with Gasteiger partial charge >= 0.3 is 5.97 Å². The molecule has 0 unspecified atom stereocenters. The Labute approximate surface area is 91.4 Å². The number of rotatable bonds is 3. The number of H-pyrrole nitrogens is 1. The van der Waals surface area contributed by atoms with Gasteiger partial charge in [0.05, 0.1) is 5.25 Å². The van der Waals surface area contributed by atoms with Crippen LogP contribution in [0.1, 0.15) is 34.8 Å². The van der Waals surface area contributed by atoms with E-state index in [0.717, 1.165) is 6.07 Å². The quantitative estimate of drug-likeness (QED) is 0.779. The maximum Gasteiger partial charge on any atom is 0.353 e. The fourth-order valence-electron chi connectivity index (χ4n) is 0.896. The van der Waals surface area contributed by atoms with Crippen molar-refractivity contribution in [1.29, 1.82) is 0 Å². The van der Waals surface area contributed by atoms with Crippen LogP contribution in [0.15, 0.2) is 6.07 Å². The van der Waals surface area contributed by atoms with Crippen LogP contribution in [-0.2, 0) is 9.84 Å². The molecule has 0 aliphatic rings. The Bertz CT molecular complexity index is 528. The molecule has 0 saturated carbocycles. The van der Waals surface area contributed by atoms with E-state index in [2.05, 4.69) is 10.2 Å². The van der Waals surface area contributed by atoms with Crippen molar-refractivity contribution in [1.82, 2.24) is 10.2 Å². The molecule has 7 nitrogen and oxygen atoms in total. The van der Waals surface area contributed by atoms with Gasteiger partial charge in [-0.25, -0.2) is 13.2 Å². The molecular weight excluding hydrogens is 236 g/mol. The van der Waals surface area contributed by atoms with Crippen molar-refractivity contribution in [3.8, 4) is 0 Å². The predicted molar refractivity (Wildman–Crippen MR) is 53.9 cm³/mol. The summed E-state index contributed by atoms with van der Waals surface area (Å²) in [7, 11) is -3.96. The van der Waals surface area contributed by atoms with Gasteiger partial charge in [-0.3, -0.25) is 9.89 Å². The summed E-state index contributed by atoms with van der Waals surface area (Å²) in [5, 5.41) is 11.9. The summed E-state index contributed by atoms with van der Waals surface area (Å²) < 4.78 is 22.9. The second-order valence-electron chi connectivity index (χ2n) is 3.35. The molecule has 0 aliphatic heterocycles. The minimum atomic E-state index is -3.96. The number of carbonyl (C=O) groups is 2. The number of carbonyl (C=O) groups excluding carboxylic acids is 1. The van der Waals surface area contributed by atoms with Crippen LogP contribution >= 0.6 is 0 Å². The van der Waals surface area contributed by atoms with Crippen molar-refractivity contribution in [2.75, 3.05) is 0 Å². The van der Waals surface area contributed by atoms with Gasteiger partial charge in [0, 0.05) is 6.07 Å². The highest BCUT2D eigenvalue weighted by molar-refractivity contribution is 8.07. The van der Waals surface area contributed by atoms with Gasteiger partial charge in [0.1, 0.15) is 11.4 Å². The van der Waals surface area contributed by atoms with Crippen LogP contribution in [0.5, 0.6) is 0 Å². The number of hydrogen-bond donors (Lipinski definition) is 2. The monoisotopic (exact) mass is 246 g/mol. The van der Waals surface area contributed by atoms with E-state index < -0.39 is 31.9 Å². The van der Waals surface area contributed by atoms with E-state index in [1.807, 2.05) is 0 Å². The van der Waals surface area contributed by atoms with E-state index in [1.165, 1.54) is 13.8 Å². The van der Waals surface area contributed by atoms with E-state index in [-0.39, 0.29) is 5.69 Å². The van der Waals surface area contributed by atoms with Gasteiger partial charge in [0.25, 0.3) is 5.12 Å². The number of sulfone groups is 1. The van der Waals surface area contributed by atoms with Crippen molar-refractivity contribution in [2.45, 2.75) is 19.1 Å². The number of aromatic carboxylic acids is 1. The fourth-order valence-corrected chi connectivity index (χ4v) is 1.72. The standard InChI is InChI=1S/C8H10N2O5S/c1-4(2)16(14,15)8(13)6-3-5(7(11)12)9-10-6/h3-4H,1-2H3,(H,9,10)(H,11,12). The van der Waals surface area contributed by atoms with Gasteiger partial charge in [-0.1, -0.05) is 0 Å². The number of hydrogen-bond acceptors (Lipinski definition) is 5. The Balaban J connectivity index is 3.12. The molecule has 0 saturated heterocycles. The Morgan fingerprint density at radius 2 is 2.00 bits per heavy atom. The van der Waals surface area contributed by atoms with Crippen LogP contribution in [0.3, 0.4) is 0 Å². The van der Waals surface area contributed by atoms with E-state index >= 15 is 0 Å². The maximum absolute atomic E-state index is 11.5. The minimum Gasteiger partial charge on any atom is -0.477 e. The lowest BCUT2D eigenvalue weighted by molar-refractivity contribution is 0.0690. The highest BCUT2D eigenvalue weighted by atomic mass is 32.2. The number of aromatic amines is 1. The molecule has 0 fully saturated rings. The topological polar surface area (TPSA) is 117 Å². The molecule has 2 N–H and O–H groups in total. The summed E-state index contributed by atoms with van der Waals surface area (Å²) in [6.07, 6.45) is 0. The second kappa shape index (κ2) is 4.05. The van der Waals surface area contributed by atoms with Gasteiger partial charge in [0.15, 0.2) is 0 Å². The molecule has 0 aliphatic carbocycles. The zero-order valence-electron chi connectivity index (χ0n) is 8.59. The van der Waals surface area contributed by atoms with E-state index in [9.17, 15) is 18.0 Å². The SMILES string of the molecule is CC(C)S(=O)(=O)C(=O)c1cc(C(=O)O)[nH]n1. The molecular formula is C8H10N2O5S. The molecule has 88 valence electrons. The van der Waals surface area contributed by atoms with Crippen LogP contribution < -0.4 is 0 Å². The van der Waals surface area contributed by atoms with Crippen molar-refractivity contribution in [2.24, 2.45) is 0 Å². The third-order valence-corrected chi connectivity index (χ3v) is 3.86. The van der Waals surface area contributed by atoms with Gasteiger partial charge in [-0.05, 0) is 13.8 Å². The van der Waals surface area contributed by atoms with E-state index in [4.69, 9.17) is 5.11 Å². The maximum atomic E-state index is 11.5. The molecule has 0 atom stereocenters. The van der Waals surface area contributed by atoms with Crippen LogP contribution in [0.25, 0.3) is 0 Å². The summed E-state index contributed by atoms with van der Waals surface area (Å²) in [4.78, 5) is 22.0. The van der Waals surface area contributed by atoms with E-state index in [0.29, 0.717) is 0 Å². The molecule has 1 heterocycles. The molecule has 16 heavy (non-hydrogen) atoms. The van der Waals surface area contributed by atoms with Crippen molar-refractivity contribution in [3.05, 3.63) is 17.5 Å². The van der Waals surface area contributed by atoms with Crippen LogP contribution in [0.2, 0.25) is 0 Å². The zero-order valence-corrected chi connectivity index (χ0v) is 9.41. The summed E-state index contributed by atoms with van der Waals surface area (Å²) in [6.45, 7) is 2.72. The van der Waals surface area contributed by atoms with Crippen molar-refractivity contribution < 1.29 is 23.1 Å². The number of nitrogens with zero attached hydrogens (tertiary/aromatic N) is 1. The van der Waals surface area contributed by atoms with Gasteiger partial charge < -0.3 is 5.11 Å². The number of aromatic nitrogens is 2. The fraction of sp³-hybridized carbons (Fsp3) is 0.375. The third kappa shape index (κ3) is 2.11. The lowest BCUT2D eigenvalue weighted by atomic mass is 10.4. The summed E-state index contributed by atoms with van der Waals surface area (Å²) in [5.41, 5.74) is -0.742. The highest BCUT2D eigenvalue weighted by Crippen LogP contribution is 2.10. The minimum absolute atomic E-state index is 0.331. The van der Waals surface area contributed by atoms with Gasteiger partial charge in [-0.2, -0.15) is 5.10 Å². The average Bonchev–Trinajstić information content (AvgIpc) is 2.64. The smallest absolute Gasteiger partial charge is 0.353 e. The largest absolute Gasteiger partial charge is 0.477 e. The molecule has 1 aromatic rings. The molecule has 0 aromatic carbocycles. The first-order valence-electron chi connectivity index (χ1n) is 4.33. The molecule has 0 spiro atoms. The third-order valence-electron chi connectivity index (χ3n) is 1.90. The summed E-state index contributed by atoms with van der Waals surface area (Å²) >= 11 is 0. The molecule has 8 heteroatoms. The molecule has 0 amide bonds. The summed E-state index contributed by atoms with van der Waals surface area (Å²) in [5.74, 6) is -1.31. The lowest BCUT2D eigenvalue weighted by Gasteiger charge is -2.02. The zero-order chi connectivity index (χ0) is 12.5. The van der Waals surface area contributed by atoms with Crippen LogP contribution in [-0.4, -0.2) is 40.1 Å². The van der Waals surface area contributed by atoms with Gasteiger partial charge in [-0.15, -0.1) is 0 Å². The van der Waals surface area contributed by atoms with Crippen molar-refractivity contribution >= 4 is 20.9 Å². The van der Waals surface area contributed by atoms with Crippen molar-refractivity contribution in [3.63, 3.8) is 0 Å². The second-order valence-corrected chi connectivity index (χ2v) is 5.76. The first kappa shape index (κ1) is 12.4. The number of carboxylic acids is 1. The lowest BCUT2D eigenvalue weighted by Crippen LogP contribution is -2.24. The average molecular weight is 246 g/mol. The Hall–Kier alpha value is -1.70. The highest BCUT2D eigenvalue weighted by Gasteiger charge is 2.30. The van der Waals surface area contributed by atoms with E-state index in [1.54, 1.807) is 0 Å².